The molecule has 0 saturated heterocycles. The normalized spacial score (nSPS) is 11.1. The Balaban J connectivity index is 2.26. The summed E-state index contributed by atoms with van der Waals surface area (Å²) in [5.41, 5.74) is 5.94. The van der Waals surface area contributed by atoms with Crippen LogP contribution < -0.4 is 19.6 Å². The van der Waals surface area contributed by atoms with Crippen LogP contribution in [-0.4, -0.2) is 31.4 Å². The first-order valence-corrected chi connectivity index (χ1v) is 10.0. The standard InChI is InChI=1S/C23H30N2O4/c1-6-17-10-12-18(13-11-17)16(5)24-25-23(26)19-14-20(27-7-2)22(29-9-4)21(15-19)28-8-3/h10-15H,6-9H2,1-5H3,(H,25,26). The van der Waals surface area contributed by atoms with Crippen LogP contribution >= 0.6 is 0 Å². The minimum Gasteiger partial charge on any atom is -0.490 e. The summed E-state index contributed by atoms with van der Waals surface area (Å²) >= 11 is 0. The molecule has 0 aliphatic carbocycles. The number of aryl methyl sites for hydroxylation is 1. The third kappa shape index (κ3) is 5.98. The number of rotatable bonds is 10. The maximum absolute atomic E-state index is 12.7. The molecule has 0 heterocycles. The SMILES string of the molecule is CCOc1cc(C(=O)NN=C(C)c2ccc(CC)cc2)cc(OCC)c1OCC. The quantitative estimate of drug-likeness (QED) is 0.469. The van der Waals surface area contributed by atoms with Gasteiger partial charge in [-0.25, -0.2) is 5.43 Å². The van der Waals surface area contributed by atoms with Gasteiger partial charge in [0.1, 0.15) is 0 Å². The fraction of sp³-hybridized carbons (Fsp3) is 0.391. The molecule has 0 bridgehead atoms. The Morgan fingerprint density at radius 3 is 1.90 bits per heavy atom. The molecule has 0 unspecified atom stereocenters. The molecule has 0 aliphatic rings. The van der Waals surface area contributed by atoms with Gasteiger partial charge in [-0.2, -0.15) is 5.10 Å². The molecule has 0 aliphatic heterocycles. The molecule has 0 fully saturated rings. The summed E-state index contributed by atoms with van der Waals surface area (Å²) < 4.78 is 17.0. The van der Waals surface area contributed by atoms with E-state index in [4.69, 9.17) is 14.2 Å². The molecule has 0 radical (unpaired) electrons. The Bertz CT molecular complexity index is 817. The summed E-state index contributed by atoms with van der Waals surface area (Å²) in [5.74, 6) is 1.10. The van der Waals surface area contributed by atoms with Gasteiger partial charge in [-0.1, -0.05) is 31.2 Å². The van der Waals surface area contributed by atoms with Gasteiger partial charge in [-0.05, 0) is 57.4 Å². The molecule has 2 aromatic carbocycles. The average molecular weight is 399 g/mol. The van der Waals surface area contributed by atoms with E-state index < -0.39 is 0 Å². The topological polar surface area (TPSA) is 69.2 Å². The fourth-order valence-corrected chi connectivity index (χ4v) is 2.77. The number of hydrazone groups is 1. The van der Waals surface area contributed by atoms with Crippen molar-refractivity contribution in [1.82, 2.24) is 5.43 Å². The van der Waals surface area contributed by atoms with Crippen molar-refractivity contribution < 1.29 is 19.0 Å². The lowest BCUT2D eigenvalue weighted by atomic mass is 10.1. The van der Waals surface area contributed by atoms with Crippen molar-refractivity contribution in [2.75, 3.05) is 19.8 Å². The van der Waals surface area contributed by atoms with E-state index in [-0.39, 0.29) is 5.91 Å². The van der Waals surface area contributed by atoms with E-state index in [1.165, 1.54) is 5.56 Å². The van der Waals surface area contributed by atoms with Crippen molar-refractivity contribution in [3.05, 3.63) is 53.1 Å². The number of benzene rings is 2. The lowest BCUT2D eigenvalue weighted by molar-refractivity contribution is 0.0953. The zero-order chi connectivity index (χ0) is 21.2. The van der Waals surface area contributed by atoms with E-state index >= 15 is 0 Å². The maximum atomic E-state index is 12.7. The minimum absolute atomic E-state index is 0.348. The van der Waals surface area contributed by atoms with Crippen LogP contribution in [0.15, 0.2) is 41.5 Å². The van der Waals surface area contributed by atoms with Crippen molar-refractivity contribution in [3.63, 3.8) is 0 Å². The number of hydrogen-bond donors (Lipinski definition) is 1. The summed E-state index contributed by atoms with van der Waals surface area (Å²) in [4.78, 5) is 12.7. The Hall–Kier alpha value is -3.02. The first-order chi connectivity index (χ1) is 14.0. The van der Waals surface area contributed by atoms with Gasteiger partial charge in [0.25, 0.3) is 5.91 Å². The average Bonchev–Trinajstić information content (AvgIpc) is 2.74. The van der Waals surface area contributed by atoms with Crippen LogP contribution in [-0.2, 0) is 6.42 Å². The molecule has 1 N–H and O–H groups in total. The van der Waals surface area contributed by atoms with E-state index in [9.17, 15) is 4.79 Å². The van der Waals surface area contributed by atoms with Crippen LogP contribution in [0.1, 0.15) is 56.1 Å². The molecule has 0 atom stereocenters. The van der Waals surface area contributed by atoms with Crippen LogP contribution in [0.2, 0.25) is 0 Å². The molecule has 156 valence electrons. The third-order valence-electron chi connectivity index (χ3n) is 4.28. The molecule has 29 heavy (non-hydrogen) atoms. The molecule has 1 amide bonds. The first-order valence-electron chi connectivity index (χ1n) is 10.0. The molecular weight excluding hydrogens is 368 g/mol. The highest BCUT2D eigenvalue weighted by Crippen LogP contribution is 2.39. The highest BCUT2D eigenvalue weighted by Gasteiger charge is 2.18. The second-order valence-electron chi connectivity index (χ2n) is 6.29. The molecule has 2 rings (SSSR count). The number of carbonyl (C=O) groups is 1. The summed E-state index contributed by atoms with van der Waals surface area (Å²) in [6, 6.07) is 11.4. The molecule has 0 saturated carbocycles. The summed E-state index contributed by atoms with van der Waals surface area (Å²) in [5, 5.41) is 4.24. The van der Waals surface area contributed by atoms with Crippen molar-refractivity contribution in [1.29, 1.82) is 0 Å². The Morgan fingerprint density at radius 2 is 1.41 bits per heavy atom. The number of ether oxygens (including phenoxy) is 3. The van der Waals surface area contributed by atoms with E-state index in [2.05, 4.69) is 29.6 Å². The summed E-state index contributed by atoms with van der Waals surface area (Å²) in [6.07, 6.45) is 0.981. The van der Waals surface area contributed by atoms with Crippen molar-refractivity contribution >= 4 is 11.6 Å². The van der Waals surface area contributed by atoms with Gasteiger partial charge >= 0.3 is 0 Å². The summed E-state index contributed by atoms with van der Waals surface area (Å²) in [6.45, 7) is 11.0. The highest BCUT2D eigenvalue weighted by atomic mass is 16.5. The van der Waals surface area contributed by atoms with Gasteiger partial charge in [0.15, 0.2) is 11.5 Å². The summed E-state index contributed by atoms with van der Waals surface area (Å²) in [7, 11) is 0. The predicted molar refractivity (Wildman–Crippen MR) is 115 cm³/mol. The molecule has 0 aromatic heterocycles. The van der Waals surface area contributed by atoms with Crippen molar-refractivity contribution in [2.45, 2.75) is 41.0 Å². The van der Waals surface area contributed by atoms with E-state index in [1.54, 1.807) is 12.1 Å². The molecule has 2 aromatic rings. The fourth-order valence-electron chi connectivity index (χ4n) is 2.77. The Labute approximate surface area is 172 Å². The number of carbonyl (C=O) groups excluding carboxylic acids is 1. The lowest BCUT2D eigenvalue weighted by Crippen LogP contribution is -2.20. The smallest absolute Gasteiger partial charge is 0.271 e. The lowest BCUT2D eigenvalue weighted by Gasteiger charge is -2.16. The van der Waals surface area contributed by atoms with Crippen LogP contribution in [0, 0.1) is 0 Å². The molecular formula is C23H30N2O4. The van der Waals surface area contributed by atoms with Gasteiger partial charge in [0, 0.05) is 5.56 Å². The number of amides is 1. The number of nitrogens with zero attached hydrogens (tertiary/aromatic N) is 1. The zero-order valence-corrected chi connectivity index (χ0v) is 17.9. The van der Waals surface area contributed by atoms with Gasteiger partial charge < -0.3 is 14.2 Å². The van der Waals surface area contributed by atoms with Crippen LogP contribution in [0.3, 0.4) is 0 Å². The van der Waals surface area contributed by atoms with Gasteiger partial charge in [0.05, 0.1) is 25.5 Å². The van der Waals surface area contributed by atoms with Gasteiger partial charge in [-0.15, -0.1) is 0 Å². The van der Waals surface area contributed by atoms with E-state index in [0.717, 1.165) is 17.7 Å². The van der Waals surface area contributed by atoms with Crippen LogP contribution in [0.4, 0.5) is 0 Å². The molecule has 6 heteroatoms. The number of hydrogen-bond acceptors (Lipinski definition) is 5. The van der Waals surface area contributed by atoms with Crippen LogP contribution in [0.25, 0.3) is 0 Å². The van der Waals surface area contributed by atoms with E-state index in [0.29, 0.717) is 42.6 Å². The largest absolute Gasteiger partial charge is 0.490 e. The van der Waals surface area contributed by atoms with Gasteiger partial charge in [-0.3, -0.25) is 4.79 Å². The highest BCUT2D eigenvalue weighted by molar-refractivity contribution is 6.01. The zero-order valence-electron chi connectivity index (χ0n) is 17.9. The maximum Gasteiger partial charge on any atom is 0.271 e. The number of nitrogens with one attached hydrogen (secondary N) is 1. The molecule has 0 spiro atoms. The van der Waals surface area contributed by atoms with Gasteiger partial charge in [0.2, 0.25) is 5.75 Å². The Kier molecular flexibility index (Phi) is 8.52. The van der Waals surface area contributed by atoms with Crippen molar-refractivity contribution in [3.8, 4) is 17.2 Å². The minimum atomic E-state index is -0.348. The second kappa shape index (κ2) is 11.1. The van der Waals surface area contributed by atoms with E-state index in [1.807, 2.05) is 39.8 Å². The van der Waals surface area contributed by atoms with Crippen molar-refractivity contribution in [2.24, 2.45) is 5.10 Å². The second-order valence-corrected chi connectivity index (χ2v) is 6.29. The predicted octanol–water partition coefficient (Wildman–Crippen LogP) is 4.60. The Morgan fingerprint density at radius 1 is 0.862 bits per heavy atom. The molecule has 6 nitrogen and oxygen atoms in total. The van der Waals surface area contributed by atoms with Crippen LogP contribution in [0.5, 0.6) is 17.2 Å². The third-order valence-corrected chi connectivity index (χ3v) is 4.28. The first kappa shape index (κ1) is 22.3. The monoisotopic (exact) mass is 398 g/mol.